The lowest BCUT2D eigenvalue weighted by atomic mass is 9.95. The second-order valence-electron chi connectivity index (χ2n) is 8.04. The van der Waals surface area contributed by atoms with Crippen LogP contribution in [-0.4, -0.2) is 41.6 Å². The van der Waals surface area contributed by atoms with E-state index in [2.05, 4.69) is 32.3 Å². The zero-order valence-corrected chi connectivity index (χ0v) is 20.3. The van der Waals surface area contributed by atoms with E-state index in [1.165, 1.54) is 41.3 Å². The molecule has 3 aromatic rings. The Morgan fingerprint density at radius 2 is 1.94 bits per heavy atom. The number of hydrogen-bond donors (Lipinski definition) is 0. The van der Waals surface area contributed by atoms with E-state index in [1.54, 1.807) is 55.4 Å². The van der Waals surface area contributed by atoms with Gasteiger partial charge < -0.3 is 4.57 Å². The van der Waals surface area contributed by atoms with Crippen molar-refractivity contribution in [3.63, 3.8) is 0 Å². The zero-order chi connectivity index (χ0) is 21.8. The Labute approximate surface area is 192 Å². The minimum atomic E-state index is -3.44. The zero-order valence-electron chi connectivity index (χ0n) is 17.9. The van der Waals surface area contributed by atoms with E-state index in [9.17, 15) is 8.42 Å². The van der Waals surface area contributed by atoms with Gasteiger partial charge in [0.05, 0.1) is 4.90 Å². The van der Waals surface area contributed by atoms with E-state index in [-0.39, 0.29) is 0 Å². The predicted molar refractivity (Wildman–Crippen MR) is 126 cm³/mol. The summed E-state index contributed by atoms with van der Waals surface area (Å²) in [6.45, 7) is 0. The lowest BCUT2D eigenvalue weighted by Gasteiger charge is -2.25. The van der Waals surface area contributed by atoms with Crippen molar-refractivity contribution in [1.82, 2.24) is 19.1 Å². The van der Waals surface area contributed by atoms with Crippen LogP contribution in [-0.2, 0) is 22.2 Å². The minimum absolute atomic E-state index is 0.322. The number of sulfonamides is 1. The van der Waals surface area contributed by atoms with Crippen molar-refractivity contribution in [2.45, 2.75) is 60.4 Å². The van der Waals surface area contributed by atoms with Crippen LogP contribution in [0.5, 0.6) is 0 Å². The molecule has 0 saturated heterocycles. The molecule has 0 atom stereocenters. The summed E-state index contributed by atoms with van der Waals surface area (Å²) in [5.41, 5.74) is 0.964. The van der Waals surface area contributed by atoms with Crippen LogP contribution < -0.4 is 0 Å². The Balaban J connectivity index is 1.56. The van der Waals surface area contributed by atoms with Crippen LogP contribution in [0.2, 0.25) is 0 Å². The van der Waals surface area contributed by atoms with Gasteiger partial charge in [-0.1, -0.05) is 49.2 Å². The van der Waals surface area contributed by atoms with E-state index >= 15 is 0 Å². The number of hydrogen-bond acceptors (Lipinski definition) is 6. The summed E-state index contributed by atoms with van der Waals surface area (Å²) in [7, 11) is -0.332. The van der Waals surface area contributed by atoms with Gasteiger partial charge in [0.15, 0.2) is 5.16 Å². The van der Waals surface area contributed by atoms with Gasteiger partial charge in [-0.2, -0.15) is 0 Å². The lowest BCUT2D eigenvalue weighted by Crippen LogP contribution is -2.22. The van der Waals surface area contributed by atoms with Crippen molar-refractivity contribution in [2.24, 2.45) is 0 Å². The lowest BCUT2D eigenvalue weighted by molar-refractivity contribution is 0.330. The SMILES string of the molecule is CN(C)S(=O)(=O)c1cccc(CSc2nnc(Cc3cccs3)n2C2CCCCC2)c1. The van der Waals surface area contributed by atoms with Crippen LogP contribution >= 0.6 is 23.1 Å². The molecule has 0 N–H and O–H groups in total. The average Bonchev–Trinajstić information content (AvgIpc) is 3.43. The fraction of sp³-hybridized carbons (Fsp3) is 0.455. The minimum Gasteiger partial charge on any atom is -0.303 e. The van der Waals surface area contributed by atoms with Gasteiger partial charge in [0.2, 0.25) is 10.0 Å². The standard InChI is InChI=1S/C22H28N4O2S3/c1-25(2)31(27,28)20-12-6-8-17(14-20)16-30-22-24-23-21(15-19-11-7-13-29-19)26(22)18-9-4-3-5-10-18/h6-8,11-14,18H,3-5,9-10,15-16H2,1-2H3. The Hall–Kier alpha value is -1.68. The van der Waals surface area contributed by atoms with Gasteiger partial charge in [0, 0.05) is 37.2 Å². The second-order valence-corrected chi connectivity index (χ2v) is 12.2. The Morgan fingerprint density at radius 3 is 2.65 bits per heavy atom. The third kappa shape index (κ3) is 5.22. The van der Waals surface area contributed by atoms with E-state index < -0.39 is 10.0 Å². The van der Waals surface area contributed by atoms with Crippen LogP contribution in [0, 0.1) is 0 Å². The molecule has 166 valence electrons. The number of thioether (sulfide) groups is 1. The van der Waals surface area contributed by atoms with Crippen molar-refractivity contribution >= 4 is 33.1 Å². The van der Waals surface area contributed by atoms with E-state index in [0.717, 1.165) is 23.0 Å². The molecule has 1 aliphatic carbocycles. The molecule has 0 spiro atoms. The van der Waals surface area contributed by atoms with E-state index in [1.807, 2.05) is 6.07 Å². The summed E-state index contributed by atoms with van der Waals surface area (Å²) in [5, 5.41) is 12.1. The maximum Gasteiger partial charge on any atom is 0.242 e. The molecule has 0 amide bonds. The van der Waals surface area contributed by atoms with Gasteiger partial charge in [-0.05, 0) is 42.0 Å². The Bertz CT molecular complexity index is 1100. The number of rotatable bonds is 8. The van der Waals surface area contributed by atoms with Crippen LogP contribution in [0.25, 0.3) is 0 Å². The number of thiophene rings is 1. The molecule has 2 heterocycles. The van der Waals surface area contributed by atoms with Crippen molar-refractivity contribution in [1.29, 1.82) is 0 Å². The van der Waals surface area contributed by atoms with Crippen LogP contribution in [0.3, 0.4) is 0 Å². The third-order valence-corrected chi connectivity index (χ3v) is 9.33. The molecule has 31 heavy (non-hydrogen) atoms. The second kappa shape index (κ2) is 9.85. The fourth-order valence-electron chi connectivity index (χ4n) is 3.96. The molecule has 0 radical (unpaired) electrons. The average molecular weight is 477 g/mol. The monoisotopic (exact) mass is 476 g/mol. The van der Waals surface area contributed by atoms with Gasteiger partial charge in [-0.25, -0.2) is 12.7 Å². The van der Waals surface area contributed by atoms with Gasteiger partial charge in [-0.3, -0.25) is 0 Å². The highest BCUT2D eigenvalue weighted by Gasteiger charge is 2.24. The molecule has 0 unspecified atom stereocenters. The predicted octanol–water partition coefficient (Wildman–Crippen LogP) is 4.98. The maximum atomic E-state index is 12.5. The van der Waals surface area contributed by atoms with Crippen molar-refractivity contribution in [3.05, 3.63) is 58.0 Å². The van der Waals surface area contributed by atoms with Crippen LogP contribution in [0.1, 0.15) is 54.4 Å². The Kier molecular flexibility index (Phi) is 7.15. The van der Waals surface area contributed by atoms with Crippen molar-refractivity contribution < 1.29 is 8.42 Å². The molecule has 0 aliphatic heterocycles. The van der Waals surface area contributed by atoms with Gasteiger partial charge >= 0.3 is 0 Å². The van der Waals surface area contributed by atoms with E-state index in [4.69, 9.17) is 0 Å². The number of aromatic nitrogens is 3. The van der Waals surface area contributed by atoms with Crippen molar-refractivity contribution in [3.8, 4) is 0 Å². The first-order valence-electron chi connectivity index (χ1n) is 10.6. The topological polar surface area (TPSA) is 68.1 Å². The van der Waals surface area contributed by atoms with Gasteiger partial charge in [-0.15, -0.1) is 21.5 Å². The molecule has 9 heteroatoms. The molecule has 1 aliphatic rings. The Morgan fingerprint density at radius 1 is 1.13 bits per heavy atom. The highest BCUT2D eigenvalue weighted by Crippen LogP contribution is 2.34. The first kappa shape index (κ1) is 22.5. The molecule has 1 saturated carbocycles. The molecule has 4 rings (SSSR count). The number of nitrogens with zero attached hydrogens (tertiary/aromatic N) is 4. The molecule has 2 aromatic heterocycles. The highest BCUT2D eigenvalue weighted by atomic mass is 32.2. The largest absolute Gasteiger partial charge is 0.303 e. The van der Waals surface area contributed by atoms with Gasteiger partial charge in [0.1, 0.15) is 5.82 Å². The molecule has 6 nitrogen and oxygen atoms in total. The molecule has 1 fully saturated rings. The van der Waals surface area contributed by atoms with Crippen LogP contribution in [0.15, 0.2) is 51.8 Å². The summed E-state index contributed by atoms with van der Waals surface area (Å²) in [4.78, 5) is 1.62. The number of benzene rings is 1. The maximum absolute atomic E-state index is 12.5. The normalized spacial score (nSPS) is 15.6. The summed E-state index contributed by atoms with van der Waals surface area (Å²) < 4.78 is 28.5. The first-order chi connectivity index (χ1) is 14.9. The third-order valence-electron chi connectivity index (χ3n) is 5.63. The smallest absolute Gasteiger partial charge is 0.242 e. The molecule has 1 aromatic carbocycles. The fourth-order valence-corrected chi connectivity index (χ4v) is 6.60. The summed E-state index contributed by atoms with van der Waals surface area (Å²) in [6.07, 6.45) is 6.93. The molecular weight excluding hydrogens is 448 g/mol. The molecular formula is C22H28N4O2S3. The summed E-state index contributed by atoms with van der Waals surface area (Å²) in [6, 6.07) is 11.8. The first-order valence-corrected chi connectivity index (χ1v) is 13.9. The van der Waals surface area contributed by atoms with Crippen molar-refractivity contribution in [2.75, 3.05) is 14.1 Å². The van der Waals surface area contributed by atoms with Gasteiger partial charge in [0.25, 0.3) is 0 Å². The summed E-state index contributed by atoms with van der Waals surface area (Å²) in [5.74, 6) is 1.68. The van der Waals surface area contributed by atoms with Crippen LogP contribution in [0.4, 0.5) is 0 Å². The summed E-state index contributed by atoms with van der Waals surface area (Å²) >= 11 is 3.39. The quantitative estimate of drug-likeness (QED) is 0.429. The van der Waals surface area contributed by atoms with E-state index in [0.29, 0.717) is 16.7 Å². The molecule has 0 bridgehead atoms. The highest BCUT2D eigenvalue weighted by molar-refractivity contribution is 7.98.